The van der Waals surface area contributed by atoms with E-state index in [-0.39, 0.29) is 11.4 Å². The second-order valence-corrected chi connectivity index (χ2v) is 6.07. The number of H-pyrrole nitrogens is 1. The highest BCUT2D eigenvalue weighted by Gasteiger charge is 2.14. The lowest BCUT2D eigenvalue weighted by Crippen LogP contribution is -2.06. The molecule has 0 atom stereocenters. The predicted octanol–water partition coefficient (Wildman–Crippen LogP) is 3.21. The second kappa shape index (κ2) is 8.34. The van der Waals surface area contributed by atoms with Gasteiger partial charge in [-0.25, -0.2) is 4.79 Å². The van der Waals surface area contributed by atoms with Crippen molar-refractivity contribution in [2.45, 2.75) is 12.8 Å². The molecular weight excluding hydrogens is 360 g/mol. The summed E-state index contributed by atoms with van der Waals surface area (Å²) in [6.45, 7) is 1.11. The Morgan fingerprint density at radius 1 is 0.964 bits per heavy atom. The molecule has 28 heavy (non-hydrogen) atoms. The summed E-state index contributed by atoms with van der Waals surface area (Å²) >= 11 is 0. The number of nitrogens with zero attached hydrogens (tertiary/aromatic N) is 3. The highest BCUT2D eigenvalue weighted by atomic mass is 16.5. The topological polar surface area (TPSA) is 103 Å². The predicted molar refractivity (Wildman–Crippen MR) is 102 cm³/mol. The largest absolute Gasteiger partial charge is 0.494 e. The van der Waals surface area contributed by atoms with Crippen molar-refractivity contribution in [3.63, 3.8) is 0 Å². The van der Waals surface area contributed by atoms with Crippen molar-refractivity contribution >= 4 is 11.0 Å². The lowest BCUT2D eigenvalue weighted by Gasteiger charge is -2.09. The minimum atomic E-state index is -0.541. The van der Waals surface area contributed by atoms with Crippen LogP contribution >= 0.6 is 0 Å². The number of unbranched alkanes of at least 4 members (excludes halogenated alkanes) is 1. The van der Waals surface area contributed by atoms with E-state index in [1.54, 1.807) is 12.1 Å². The van der Waals surface area contributed by atoms with Crippen molar-refractivity contribution in [2.75, 3.05) is 13.2 Å². The Labute approximate surface area is 160 Å². The molecule has 0 fully saturated rings. The van der Waals surface area contributed by atoms with Crippen molar-refractivity contribution in [1.82, 2.24) is 20.6 Å². The molecule has 0 spiro atoms. The molecule has 0 radical (unpaired) electrons. The fraction of sp³-hybridized carbons (Fsp3) is 0.200. The normalized spacial score (nSPS) is 10.9. The first-order valence-corrected chi connectivity index (χ1v) is 8.92. The van der Waals surface area contributed by atoms with Gasteiger partial charge in [0.15, 0.2) is 11.3 Å². The van der Waals surface area contributed by atoms with Crippen LogP contribution in [-0.4, -0.2) is 33.8 Å². The van der Waals surface area contributed by atoms with Gasteiger partial charge in [0, 0.05) is 5.39 Å². The van der Waals surface area contributed by atoms with Crippen LogP contribution in [0.25, 0.3) is 22.4 Å². The van der Waals surface area contributed by atoms with Crippen molar-refractivity contribution < 1.29 is 13.9 Å². The smallest absolute Gasteiger partial charge is 0.347 e. The van der Waals surface area contributed by atoms with E-state index >= 15 is 0 Å². The number of ether oxygens (including phenoxy) is 2. The Kier molecular flexibility index (Phi) is 5.28. The van der Waals surface area contributed by atoms with Crippen LogP contribution in [0, 0.1) is 0 Å². The van der Waals surface area contributed by atoms with Crippen LogP contribution in [0.3, 0.4) is 0 Å². The summed E-state index contributed by atoms with van der Waals surface area (Å²) < 4.78 is 16.9. The number of hydrogen-bond acceptors (Lipinski definition) is 7. The molecule has 2 aromatic carbocycles. The molecule has 0 aliphatic carbocycles. The maximum absolute atomic E-state index is 12.3. The summed E-state index contributed by atoms with van der Waals surface area (Å²) in [5.41, 5.74) is 0.109. The van der Waals surface area contributed by atoms with E-state index in [0.717, 1.165) is 24.0 Å². The van der Waals surface area contributed by atoms with Crippen LogP contribution in [0.15, 0.2) is 63.8 Å². The van der Waals surface area contributed by atoms with Gasteiger partial charge in [-0.1, -0.05) is 30.3 Å². The van der Waals surface area contributed by atoms with Gasteiger partial charge in [0.2, 0.25) is 5.82 Å². The molecule has 0 bridgehead atoms. The standard InChI is InChI=1S/C20H18N4O4/c25-20-16(19-21-23-24-22-19)13-14-7-6-10-17(18(14)28-20)27-12-5-4-11-26-15-8-2-1-3-9-15/h1-3,6-10,13H,4-5,11-12H2,(H,21,22,23,24). The van der Waals surface area contributed by atoms with Gasteiger partial charge >= 0.3 is 5.63 Å². The SMILES string of the molecule is O=c1oc2c(OCCCCOc3ccccc3)cccc2cc1-c1nn[nH]n1. The molecule has 0 aliphatic rings. The highest BCUT2D eigenvalue weighted by Crippen LogP contribution is 2.26. The van der Waals surface area contributed by atoms with E-state index in [1.165, 1.54) is 0 Å². The summed E-state index contributed by atoms with van der Waals surface area (Å²) in [5, 5.41) is 14.2. The van der Waals surface area contributed by atoms with Crippen molar-refractivity contribution in [3.8, 4) is 22.9 Å². The molecule has 142 valence electrons. The van der Waals surface area contributed by atoms with Crippen LogP contribution in [0.1, 0.15) is 12.8 Å². The molecule has 0 amide bonds. The minimum Gasteiger partial charge on any atom is -0.494 e. The molecule has 2 heterocycles. The van der Waals surface area contributed by atoms with Gasteiger partial charge in [-0.2, -0.15) is 5.21 Å². The third-order valence-electron chi connectivity index (χ3n) is 4.12. The zero-order valence-corrected chi connectivity index (χ0v) is 15.0. The van der Waals surface area contributed by atoms with Crippen LogP contribution in [0.5, 0.6) is 11.5 Å². The molecule has 0 unspecified atom stereocenters. The van der Waals surface area contributed by atoms with Gasteiger partial charge < -0.3 is 13.9 Å². The van der Waals surface area contributed by atoms with Crippen LogP contribution in [-0.2, 0) is 0 Å². The zero-order valence-electron chi connectivity index (χ0n) is 15.0. The van der Waals surface area contributed by atoms with Gasteiger partial charge in [0.25, 0.3) is 0 Å². The van der Waals surface area contributed by atoms with Crippen molar-refractivity contribution in [2.24, 2.45) is 0 Å². The summed E-state index contributed by atoms with van der Waals surface area (Å²) in [5.74, 6) is 1.58. The summed E-state index contributed by atoms with van der Waals surface area (Å²) in [6.07, 6.45) is 1.67. The maximum atomic E-state index is 12.3. The highest BCUT2D eigenvalue weighted by molar-refractivity contribution is 5.85. The fourth-order valence-corrected chi connectivity index (χ4v) is 2.76. The number of rotatable bonds is 8. The van der Waals surface area contributed by atoms with Gasteiger partial charge in [0.1, 0.15) is 11.3 Å². The Morgan fingerprint density at radius 2 is 1.79 bits per heavy atom. The first kappa shape index (κ1) is 17.7. The van der Waals surface area contributed by atoms with E-state index in [2.05, 4.69) is 20.6 Å². The number of nitrogens with one attached hydrogen (secondary N) is 1. The Bertz CT molecular complexity index is 1090. The first-order chi connectivity index (χ1) is 13.8. The number of hydrogen-bond donors (Lipinski definition) is 1. The lowest BCUT2D eigenvalue weighted by atomic mass is 10.1. The molecule has 4 aromatic rings. The zero-order chi connectivity index (χ0) is 19.2. The Hall–Kier alpha value is -3.68. The second-order valence-electron chi connectivity index (χ2n) is 6.07. The van der Waals surface area contributed by atoms with Gasteiger partial charge in [-0.05, 0) is 42.3 Å². The quantitative estimate of drug-likeness (QED) is 0.371. The average molecular weight is 378 g/mol. The van der Waals surface area contributed by atoms with E-state index in [0.29, 0.717) is 24.5 Å². The molecule has 8 heteroatoms. The van der Waals surface area contributed by atoms with Crippen molar-refractivity contribution in [3.05, 3.63) is 65.0 Å². The molecule has 4 rings (SSSR count). The third kappa shape index (κ3) is 4.01. The molecule has 2 aromatic heterocycles. The molecule has 8 nitrogen and oxygen atoms in total. The maximum Gasteiger partial charge on any atom is 0.347 e. The average Bonchev–Trinajstić information content (AvgIpc) is 3.26. The number of aromatic amines is 1. The van der Waals surface area contributed by atoms with Crippen LogP contribution in [0.4, 0.5) is 0 Å². The Balaban J connectivity index is 1.37. The number of fused-ring (bicyclic) bond motifs is 1. The summed E-state index contributed by atoms with van der Waals surface area (Å²) in [4.78, 5) is 12.3. The molecule has 0 aliphatic heterocycles. The minimum absolute atomic E-state index is 0.195. The number of aromatic nitrogens is 4. The van der Waals surface area contributed by atoms with Gasteiger partial charge in [-0.3, -0.25) is 0 Å². The van der Waals surface area contributed by atoms with E-state index in [1.807, 2.05) is 42.5 Å². The monoisotopic (exact) mass is 378 g/mol. The summed E-state index contributed by atoms with van der Waals surface area (Å²) in [7, 11) is 0. The van der Waals surface area contributed by atoms with Crippen molar-refractivity contribution in [1.29, 1.82) is 0 Å². The number of tetrazole rings is 1. The lowest BCUT2D eigenvalue weighted by molar-refractivity contribution is 0.266. The first-order valence-electron chi connectivity index (χ1n) is 8.92. The molecule has 0 saturated carbocycles. The van der Waals surface area contributed by atoms with Crippen LogP contribution in [0.2, 0.25) is 0 Å². The van der Waals surface area contributed by atoms with Gasteiger partial charge in [0.05, 0.1) is 13.2 Å². The molecule has 1 N–H and O–H groups in total. The van der Waals surface area contributed by atoms with E-state index in [9.17, 15) is 4.79 Å². The summed E-state index contributed by atoms with van der Waals surface area (Å²) in [6, 6.07) is 16.8. The van der Waals surface area contributed by atoms with Gasteiger partial charge in [-0.15, -0.1) is 10.2 Å². The third-order valence-corrected chi connectivity index (χ3v) is 4.12. The molecular formula is C20H18N4O4. The number of para-hydroxylation sites is 2. The Morgan fingerprint density at radius 3 is 2.57 bits per heavy atom. The van der Waals surface area contributed by atoms with E-state index < -0.39 is 5.63 Å². The molecule has 0 saturated heterocycles. The van der Waals surface area contributed by atoms with E-state index in [4.69, 9.17) is 13.9 Å². The fourth-order valence-electron chi connectivity index (χ4n) is 2.76. The number of benzene rings is 2. The van der Waals surface area contributed by atoms with Crippen LogP contribution < -0.4 is 15.1 Å².